The molecule has 2 fully saturated rings. The lowest BCUT2D eigenvalue weighted by molar-refractivity contribution is -0.142. The van der Waals surface area contributed by atoms with Crippen LogP contribution in [-0.4, -0.2) is 17.0 Å². The lowest BCUT2D eigenvalue weighted by Crippen LogP contribution is -2.33. The van der Waals surface area contributed by atoms with Gasteiger partial charge in [-0.15, -0.1) is 0 Å². The van der Waals surface area contributed by atoms with E-state index in [2.05, 4.69) is 24.4 Å². The van der Waals surface area contributed by atoms with Gasteiger partial charge >= 0.3 is 5.97 Å². The second kappa shape index (κ2) is 16.1. The number of rotatable bonds is 5. The van der Waals surface area contributed by atoms with Gasteiger partial charge < -0.3 is 16.2 Å². The van der Waals surface area contributed by atoms with E-state index < -0.39 is 5.97 Å². The fourth-order valence-corrected chi connectivity index (χ4v) is 4.63. The van der Waals surface area contributed by atoms with Gasteiger partial charge in [-0.2, -0.15) is 0 Å². The SMILES string of the molecule is CC(N)c1ccccc1.CC(NC(=O)C1CCCCC1)c1ccccc1.O=C(O)C1CCCCC1. The molecule has 2 unspecified atom stereocenters. The van der Waals surface area contributed by atoms with Crippen LogP contribution in [0.3, 0.4) is 0 Å². The summed E-state index contributed by atoms with van der Waals surface area (Å²) in [6, 6.07) is 20.5. The Hall–Kier alpha value is -2.66. The Bertz CT molecular complexity index is 842. The zero-order valence-electron chi connectivity index (χ0n) is 21.5. The van der Waals surface area contributed by atoms with Crippen molar-refractivity contribution in [3.05, 3.63) is 71.8 Å². The van der Waals surface area contributed by atoms with E-state index in [-0.39, 0.29) is 29.8 Å². The molecule has 192 valence electrons. The number of nitrogens with two attached hydrogens (primary N) is 1. The summed E-state index contributed by atoms with van der Waals surface area (Å²) in [4.78, 5) is 22.4. The molecule has 0 aromatic heterocycles. The summed E-state index contributed by atoms with van der Waals surface area (Å²) in [6.07, 6.45) is 11.1. The average Bonchev–Trinajstić information content (AvgIpc) is 2.91. The number of hydrogen-bond acceptors (Lipinski definition) is 3. The molecule has 4 N–H and O–H groups in total. The first-order valence-corrected chi connectivity index (χ1v) is 13.3. The molecule has 0 heterocycles. The maximum Gasteiger partial charge on any atom is 0.306 e. The van der Waals surface area contributed by atoms with Crippen LogP contribution in [0.5, 0.6) is 0 Å². The molecule has 0 radical (unpaired) electrons. The minimum absolute atomic E-state index is 0.0289. The Morgan fingerprint density at radius 3 is 1.54 bits per heavy atom. The fourth-order valence-electron chi connectivity index (χ4n) is 4.63. The standard InChI is InChI=1S/C15H21NO.C8H11N.C7H12O2/c1-12(13-8-4-2-5-9-13)16-15(17)14-10-6-3-7-11-14;1-7(9)8-5-3-2-4-6-8;8-7(9)6-4-2-1-3-5-6/h2,4-5,8-9,12,14H,3,6-7,10-11H2,1H3,(H,16,17);2-7H,9H2,1H3;6H,1-5H2,(H,8,9). The van der Waals surface area contributed by atoms with E-state index >= 15 is 0 Å². The molecule has 0 spiro atoms. The van der Waals surface area contributed by atoms with Crippen molar-refractivity contribution in [2.24, 2.45) is 17.6 Å². The van der Waals surface area contributed by atoms with Crippen molar-refractivity contribution in [1.82, 2.24) is 5.32 Å². The Morgan fingerprint density at radius 2 is 1.17 bits per heavy atom. The number of carbonyl (C=O) groups excluding carboxylic acids is 1. The number of carboxylic acids is 1. The molecule has 1 amide bonds. The molecule has 0 bridgehead atoms. The van der Waals surface area contributed by atoms with Gasteiger partial charge in [-0.3, -0.25) is 9.59 Å². The predicted octanol–water partition coefficient (Wildman–Crippen LogP) is 6.80. The first-order valence-electron chi connectivity index (χ1n) is 13.3. The summed E-state index contributed by atoms with van der Waals surface area (Å²) in [5, 5.41) is 11.7. The number of carboxylic acid groups (broad SMARTS) is 1. The molecule has 2 aliphatic carbocycles. The lowest BCUT2D eigenvalue weighted by atomic mass is 9.88. The third-order valence-corrected chi connectivity index (χ3v) is 6.91. The van der Waals surface area contributed by atoms with E-state index in [0.717, 1.165) is 38.5 Å². The molecule has 2 atom stereocenters. The van der Waals surface area contributed by atoms with Crippen LogP contribution in [0.2, 0.25) is 0 Å². The van der Waals surface area contributed by atoms with Crippen molar-refractivity contribution < 1.29 is 14.7 Å². The van der Waals surface area contributed by atoms with Crippen LogP contribution in [0.4, 0.5) is 0 Å². The van der Waals surface area contributed by atoms with Crippen LogP contribution in [0, 0.1) is 11.8 Å². The average molecular weight is 481 g/mol. The van der Waals surface area contributed by atoms with Gasteiger partial charge in [-0.05, 0) is 50.7 Å². The van der Waals surface area contributed by atoms with Crippen LogP contribution in [0.25, 0.3) is 0 Å². The zero-order valence-corrected chi connectivity index (χ0v) is 21.5. The maximum atomic E-state index is 12.1. The van der Waals surface area contributed by atoms with Gasteiger partial charge in [0.15, 0.2) is 0 Å². The molecule has 2 saturated carbocycles. The highest BCUT2D eigenvalue weighted by atomic mass is 16.4. The summed E-state index contributed by atoms with van der Waals surface area (Å²) in [5.74, 6) is -0.149. The lowest BCUT2D eigenvalue weighted by Gasteiger charge is -2.23. The highest BCUT2D eigenvalue weighted by Gasteiger charge is 2.22. The van der Waals surface area contributed by atoms with E-state index in [4.69, 9.17) is 10.8 Å². The smallest absolute Gasteiger partial charge is 0.306 e. The van der Waals surface area contributed by atoms with Crippen molar-refractivity contribution >= 4 is 11.9 Å². The Kier molecular flexibility index (Phi) is 13.1. The number of hydrogen-bond donors (Lipinski definition) is 3. The minimum Gasteiger partial charge on any atom is -0.481 e. The first kappa shape index (κ1) is 28.6. The molecule has 2 aromatic carbocycles. The van der Waals surface area contributed by atoms with Gasteiger partial charge in [-0.1, -0.05) is 99.2 Å². The molecule has 0 saturated heterocycles. The summed E-state index contributed by atoms with van der Waals surface area (Å²) in [6.45, 7) is 4.03. The zero-order chi connectivity index (χ0) is 25.5. The summed E-state index contributed by atoms with van der Waals surface area (Å²) in [7, 11) is 0. The fraction of sp³-hybridized carbons (Fsp3) is 0.533. The molecule has 5 heteroatoms. The third-order valence-electron chi connectivity index (χ3n) is 6.91. The van der Waals surface area contributed by atoms with Crippen molar-refractivity contribution in [2.75, 3.05) is 0 Å². The molecule has 5 nitrogen and oxygen atoms in total. The maximum absolute atomic E-state index is 12.1. The van der Waals surface area contributed by atoms with E-state index in [1.165, 1.54) is 36.8 Å². The largest absolute Gasteiger partial charge is 0.481 e. The molecule has 0 aliphatic heterocycles. The van der Waals surface area contributed by atoms with Crippen molar-refractivity contribution in [1.29, 1.82) is 0 Å². The normalized spacial score (nSPS) is 18.0. The second-order valence-electron chi connectivity index (χ2n) is 9.85. The van der Waals surface area contributed by atoms with E-state index in [0.29, 0.717) is 0 Å². The quantitative estimate of drug-likeness (QED) is 0.439. The van der Waals surface area contributed by atoms with Gasteiger partial charge in [0.05, 0.1) is 12.0 Å². The summed E-state index contributed by atoms with van der Waals surface area (Å²) >= 11 is 0. The monoisotopic (exact) mass is 480 g/mol. The molecular formula is C30H44N2O3. The van der Waals surface area contributed by atoms with Crippen molar-refractivity contribution in [2.45, 2.75) is 90.1 Å². The minimum atomic E-state index is -0.602. The first-order chi connectivity index (χ1) is 16.9. The number of carbonyl (C=O) groups is 2. The number of benzene rings is 2. The highest BCUT2D eigenvalue weighted by Crippen LogP contribution is 2.25. The van der Waals surface area contributed by atoms with Crippen LogP contribution in [-0.2, 0) is 9.59 Å². The van der Waals surface area contributed by atoms with Crippen LogP contribution in [0.15, 0.2) is 60.7 Å². The Labute approximate surface area is 211 Å². The third kappa shape index (κ3) is 11.1. The molecular weight excluding hydrogens is 436 g/mol. The molecule has 2 aliphatic rings. The van der Waals surface area contributed by atoms with Gasteiger partial charge in [0, 0.05) is 12.0 Å². The number of amides is 1. The molecule has 4 rings (SSSR count). The number of aliphatic carboxylic acids is 1. The molecule has 2 aromatic rings. The van der Waals surface area contributed by atoms with E-state index in [9.17, 15) is 9.59 Å². The van der Waals surface area contributed by atoms with Gasteiger partial charge in [-0.25, -0.2) is 0 Å². The highest BCUT2D eigenvalue weighted by molar-refractivity contribution is 5.79. The van der Waals surface area contributed by atoms with Crippen LogP contribution in [0.1, 0.15) is 101 Å². The van der Waals surface area contributed by atoms with Gasteiger partial charge in [0.25, 0.3) is 0 Å². The van der Waals surface area contributed by atoms with E-state index in [1.54, 1.807) is 0 Å². The summed E-state index contributed by atoms with van der Waals surface area (Å²) in [5.41, 5.74) is 7.98. The summed E-state index contributed by atoms with van der Waals surface area (Å²) < 4.78 is 0. The molecule has 35 heavy (non-hydrogen) atoms. The van der Waals surface area contributed by atoms with Crippen molar-refractivity contribution in [3.8, 4) is 0 Å². The second-order valence-corrected chi connectivity index (χ2v) is 9.85. The van der Waals surface area contributed by atoms with Crippen molar-refractivity contribution in [3.63, 3.8) is 0 Å². The van der Waals surface area contributed by atoms with Gasteiger partial charge in [0.1, 0.15) is 0 Å². The predicted molar refractivity (Wildman–Crippen MR) is 143 cm³/mol. The topological polar surface area (TPSA) is 92.4 Å². The van der Waals surface area contributed by atoms with Crippen LogP contribution < -0.4 is 11.1 Å². The van der Waals surface area contributed by atoms with Gasteiger partial charge in [0.2, 0.25) is 5.91 Å². The Morgan fingerprint density at radius 1 is 0.743 bits per heavy atom. The van der Waals surface area contributed by atoms with E-state index in [1.807, 2.05) is 55.5 Å². The van der Waals surface area contributed by atoms with Crippen LogP contribution >= 0.6 is 0 Å². The number of nitrogens with one attached hydrogen (secondary N) is 1. The Balaban J connectivity index is 0.000000203.